The molecule has 0 radical (unpaired) electrons. The second kappa shape index (κ2) is 7.70. The second-order valence-electron chi connectivity index (χ2n) is 3.64. The van der Waals surface area contributed by atoms with Crippen LogP contribution in [0.3, 0.4) is 0 Å². The van der Waals surface area contributed by atoms with Gasteiger partial charge in [-0.3, -0.25) is 0 Å². The quantitative estimate of drug-likeness (QED) is 0.474. The van der Waals surface area contributed by atoms with E-state index in [1.54, 1.807) is 0 Å². The van der Waals surface area contributed by atoms with E-state index in [-0.39, 0.29) is 19.5 Å². The van der Waals surface area contributed by atoms with Crippen molar-refractivity contribution in [1.82, 2.24) is 0 Å². The van der Waals surface area contributed by atoms with Crippen LogP contribution in [-0.2, 0) is 19.5 Å². The summed E-state index contributed by atoms with van der Waals surface area (Å²) in [6.07, 6.45) is 0. The van der Waals surface area contributed by atoms with Gasteiger partial charge in [0.1, 0.15) is 0 Å². The van der Waals surface area contributed by atoms with Crippen LogP contribution >= 0.6 is 0 Å². The van der Waals surface area contributed by atoms with Gasteiger partial charge in [-0.2, -0.15) is 36.4 Å². The van der Waals surface area contributed by atoms with E-state index in [0.717, 1.165) is 0 Å². The molecule has 0 amide bonds. The van der Waals surface area contributed by atoms with Crippen LogP contribution in [0.15, 0.2) is 30.3 Å². The molecule has 0 aliphatic rings. The Hall–Kier alpha value is 0.0603. The summed E-state index contributed by atoms with van der Waals surface area (Å²) in [5.74, 6) is 0. The van der Waals surface area contributed by atoms with Crippen molar-refractivity contribution in [2.24, 2.45) is 0 Å². The van der Waals surface area contributed by atoms with Crippen LogP contribution < -0.4 is 0 Å². The molecule has 0 aliphatic carbocycles. The van der Waals surface area contributed by atoms with E-state index >= 15 is 0 Å². The number of hydrogen-bond donors (Lipinski definition) is 0. The molecule has 12 heavy (non-hydrogen) atoms. The van der Waals surface area contributed by atoms with E-state index in [9.17, 15) is 0 Å². The topological polar surface area (TPSA) is 0 Å². The average molecular weight is 230 g/mol. The summed E-state index contributed by atoms with van der Waals surface area (Å²) < 4.78 is 0. The van der Waals surface area contributed by atoms with Crippen molar-refractivity contribution < 1.29 is 19.5 Å². The average Bonchev–Trinajstić information content (AvgIpc) is 1.88. The summed E-state index contributed by atoms with van der Waals surface area (Å²) in [6.45, 7) is 10.6. The minimum atomic E-state index is -0.861. The molecule has 0 saturated heterocycles. The van der Waals surface area contributed by atoms with Crippen LogP contribution in [0.5, 0.6) is 0 Å². The van der Waals surface area contributed by atoms with Crippen LogP contribution in [0.4, 0.5) is 0 Å². The molecular weight excluding hydrogens is 214 g/mol. The summed E-state index contributed by atoms with van der Waals surface area (Å²) >= 11 is 0. The molecule has 0 heterocycles. The minimum absolute atomic E-state index is 0. The fourth-order valence-electron chi connectivity index (χ4n) is 0.342. The maximum Gasteiger partial charge on any atom is 2.00 e. The van der Waals surface area contributed by atoms with Crippen molar-refractivity contribution in [3.05, 3.63) is 42.9 Å². The molecule has 0 N–H and O–H groups in total. The maximum atomic E-state index is 3.91. The number of hydrogen-bond acceptors (Lipinski definition) is 0. The summed E-state index contributed by atoms with van der Waals surface area (Å²) in [5.41, 5.74) is 0. The maximum absolute atomic E-state index is 3.91. The van der Waals surface area contributed by atoms with E-state index in [0.29, 0.717) is 0 Å². The van der Waals surface area contributed by atoms with Gasteiger partial charge >= 0.3 is 19.5 Å². The Labute approximate surface area is 90.2 Å². The van der Waals surface area contributed by atoms with Gasteiger partial charge in [0.05, 0.1) is 0 Å². The second-order valence-corrected chi connectivity index (χ2v) is 8.76. The van der Waals surface area contributed by atoms with Crippen molar-refractivity contribution in [2.75, 3.05) is 0 Å². The third-order valence-electron chi connectivity index (χ3n) is 0.607. The van der Waals surface area contributed by atoms with Gasteiger partial charge in [-0.25, -0.2) is 0 Å². The summed E-state index contributed by atoms with van der Waals surface area (Å²) in [5, 5.41) is 0. The van der Waals surface area contributed by atoms with E-state index in [2.05, 4.69) is 32.3 Å². The molecule has 0 aliphatic heterocycles. The Morgan fingerprint density at radius 1 is 1.00 bits per heavy atom. The van der Waals surface area contributed by atoms with E-state index in [1.165, 1.54) is 0 Å². The van der Waals surface area contributed by atoms with Crippen molar-refractivity contribution >= 4 is 8.07 Å². The van der Waals surface area contributed by atoms with E-state index < -0.39 is 8.07 Å². The molecule has 1 rings (SSSR count). The van der Waals surface area contributed by atoms with Crippen molar-refractivity contribution in [1.29, 1.82) is 0 Å². The van der Waals surface area contributed by atoms with Crippen molar-refractivity contribution in [3.63, 3.8) is 0 Å². The molecule has 0 nitrogen and oxygen atoms in total. The third kappa shape index (κ3) is 22.5. The largest absolute Gasteiger partial charge is 2.00 e. The van der Waals surface area contributed by atoms with Gasteiger partial charge in [-0.15, -0.1) is 8.07 Å². The van der Waals surface area contributed by atoms with Crippen LogP contribution in [0, 0.1) is 12.6 Å². The van der Waals surface area contributed by atoms with Crippen LogP contribution in [0.25, 0.3) is 0 Å². The summed E-state index contributed by atoms with van der Waals surface area (Å²) in [4.78, 5) is 0. The molecule has 2 heteroatoms. The van der Waals surface area contributed by atoms with Gasteiger partial charge < -0.3 is 6.55 Å². The van der Waals surface area contributed by atoms with Crippen LogP contribution in [0.1, 0.15) is 0 Å². The van der Waals surface area contributed by atoms with Crippen LogP contribution in [0.2, 0.25) is 19.6 Å². The monoisotopic (exact) mass is 228 g/mol. The van der Waals surface area contributed by atoms with Gasteiger partial charge in [-0.1, -0.05) is 19.6 Å². The number of rotatable bonds is 0. The fraction of sp³-hybridized carbons (Fsp3) is 0.300. The minimum Gasteiger partial charge on any atom is -0.342 e. The normalized spacial score (nSPS) is 9.00. The predicted octanol–water partition coefficient (Wildman–Crippen LogP) is 3.18. The zero-order valence-electron chi connectivity index (χ0n) is 8.30. The Morgan fingerprint density at radius 3 is 1.42 bits per heavy atom. The molecular formula is C10H16SiZn. The first-order valence-corrected chi connectivity index (χ1v) is 7.47. The molecule has 62 valence electrons. The molecule has 1 aromatic rings. The van der Waals surface area contributed by atoms with Gasteiger partial charge in [0.2, 0.25) is 0 Å². The predicted molar refractivity (Wildman–Crippen MR) is 54.0 cm³/mol. The Morgan fingerprint density at radius 2 is 1.33 bits per heavy atom. The molecule has 0 fully saturated rings. The fourth-order valence-corrected chi connectivity index (χ4v) is 0.342. The van der Waals surface area contributed by atoms with Crippen LogP contribution in [-0.4, -0.2) is 8.07 Å². The third-order valence-corrected chi connectivity index (χ3v) is 0.607. The molecule has 1 aromatic carbocycles. The molecule has 0 spiro atoms. The molecule has 0 unspecified atom stereocenters. The Balaban J connectivity index is 0. The summed E-state index contributed by atoms with van der Waals surface area (Å²) in [7, 11) is -0.861. The van der Waals surface area contributed by atoms with Crippen molar-refractivity contribution in [2.45, 2.75) is 19.6 Å². The first-order valence-electron chi connectivity index (χ1n) is 3.76. The van der Waals surface area contributed by atoms with Gasteiger partial charge in [0.15, 0.2) is 0 Å². The zero-order valence-corrected chi connectivity index (χ0v) is 12.3. The van der Waals surface area contributed by atoms with Gasteiger partial charge in [-0.05, 0) is 0 Å². The zero-order chi connectivity index (χ0) is 8.74. The molecule has 0 aromatic heterocycles. The first-order chi connectivity index (χ1) is 5.00. The van der Waals surface area contributed by atoms with E-state index in [1.807, 2.05) is 30.3 Å². The Kier molecular flexibility index (Phi) is 9.35. The van der Waals surface area contributed by atoms with Gasteiger partial charge in [0.25, 0.3) is 0 Å². The summed E-state index contributed by atoms with van der Waals surface area (Å²) in [6, 6.07) is 12.5. The molecule has 0 saturated carbocycles. The van der Waals surface area contributed by atoms with Gasteiger partial charge in [0, 0.05) is 0 Å². The standard InChI is InChI=1S/C6H5.C4H11Si.Zn/c1-2-4-6-5-3-1;1-5(2,3)4;/h1-5H;1H2,2-4H3;/q2*-1;+2. The number of benzene rings is 1. The smallest absolute Gasteiger partial charge is 0.342 e. The first kappa shape index (κ1) is 14.6. The molecule has 0 atom stereocenters. The molecule has 0 bridgehead atoms. The van der Waals surface area contributed by atoms with E-state index in [4.69, 9.17) is 0 Å². The van der Waals surface area contributed by atoms with Crippen molar-refractivity contribution in [3.8, 4) is 0 Å². The SMILES string of the molecule is [CH2-][Si](C)(C)C.[Zn+2].[c-]1ccccc1. The Bertz CT molecular complexity index is 134.